The number of rotatable bonds is 3. The highest BCUT2D eigenvalue weighted by atomic mass is 15.3. The molecule has 0 N–H and O–H groups in total. The van der Waals surface area contributed by atoms with Crippen molar-refractivity contribution in [3.63, 3.8) is 0 Å². The van der Waals surface area contributed by atoms with Crippen LogP contribution >= 0.6 is 0 Å². The molecule has 1 fully saturated rings. The van der Waals surface area contributed by atoms with Crippen LogP contribution in [0.4, 0.5) is 5.82 Å². The average molecular weight is 345 g/mol. The molecule has 0 amide bonds. The minimum Gasteiger partial charge on any atom is -0.354 e. The van der Waals surface area contributed by atoms with Crippen LogP contribution in [0.25, 0.3) is 22.0 Å². The predicted octanol–water partition coefficient (Wildman–Crippen LogP) is 4.66. The van der Waals surface area contributed by atoms with Crippen molar-refractivity contribution in [2.24, 2.45) is 0 Å². The number of aryl methyl sites for hydroxylation is 2. The van der Waals surface area contributed by atoms with E-state index in [2.05, 4.69) is 79.1 Å². The van der Waals surface area contributed by atoms with E-state index in [0.29, 0.717) is 0 Å². The van der Waals surface area contributed by atoms with Gasteiger partial charge < -0.3 is 9.80 Å². The molecule has 1 aromatic heterocycles. The molecule has 1 aliphatic heterocycles. The highest BCUT2D eigenvalue weighted by Gasteiger charge is 2.19. The van der Waals surface area contributed by atoms with E-state index < -0.39 is 0 Å². The molecule has 2 aromatic carbocycles. The van der Waals surface area contributed by atoms with Crippen LogP contribution in [0.3, 0.4) is 0 Å². The number of anilines is 1. The summed E-state index contributed by atoms with van der Waals surface area (Å²) in [4.78, 5) is 10.1. The summed E-state index contributed by atoms with van der Waals surface area (Å²) in [6.45, 7) is 12.0. The fourth-order valence-corrected chi connectivity index (χ4v) is 3.75. The lowest BCUT2D eigenvalue weighted by Crippen LogP contribution is -2.46. The summed E-state index contributed by atoms with van der Waals surface area (Å²) >= 11 is 0. The molecule has 0 radical (unpaired) electrons. The highest BCUT2D eigenvalue weighted by molar-refractivity contribution is 5.95. The Morgan fingerprint density at radius 3 is 2.23 bits per heavy atom. The monoisotopic (exact) mass is 345 g/mol. The van der Waals surface area contributed by atoms with Gasteiger partial charge in [0.15, 0.2) is 0 Å². The summed E-state index contributed by atoms with van der Waals surface area (Å²) in [5, 5.41) is 2.54. The number of piperazine rings is 1. The van der Waals surface area contributed by atoms with E-state index in [1.54, 1.807) is 0 Å². The molecule has 3 aromatic rings. The molecule has 134 valence electrons. The lowest BCUT2D eigenvalue weighted by atomic mass is 10.0. The van der Waals surface area contributed by atoms with Crippen molar-refractivity contribution in [1.29, 1.82) is 0 Å². The van der Waals surface area contributed by atoms with Crippen LogP contribution in [-0.2, 0) is 0 Å². The van der Waals surface area contributed by atoms with Gasteiger partial charge in [0.05, 0.1) is 5.69 Å². The number of benzene rings is 2. The fourth-order valence-electron chi connectivity index (χ4n) is 3.75. The third-order valence-corrected chi connectivity index (χ3v) is 5.43. The van der Waals surface area contributed by atoms with Gasteiger partial charge in [0.1, 0.15) is 5.82 Å². The van der Waals surface area contributed by atoms with E-state index in [1.807, 2.05) is 0 Å². The van der Waals surface area contributed by atoms with Crippen molar-refractivity contribution in [3.8, 4) is 11.3 Å². The lowest BCUT2D eigenvalue weighted by molar-refractivity contribution is 0.271. The first kappa shape index (κ1) is 17.0. The first-order chi connectivity index (χ1) is 12.6. The van der Waals surface area contributed by atoms with Crippen molar-refractivity contribution < 1.29 is 0 Å². The van der Waals surface area contributed by atoms with Crippen LogP contribution in [0.1, 0.15) is 18.1 Å². The molecular weight excluding hydrogens is 318 g/mol. The van der Waals surface area contributed by atoms with Crippen molar-refractivity contribution in [3.05, 3.63) is 59.7 Å². The maximum Gasteiger partial charge on any atom is 0.137 e. The van der Waals surface area contributed by atoms with Gasteiger partial charge in [0, 0.05) is 37.1 Å². The Kier molecular flexibility index (Phi) is 4.64. The van der Waals surface area contributed by atoms with Crippen LogP contribution in [0.2, 0.25) is 0 Å². The molecule has 4 rings (SSSR count). The summed E-state index contributed by atoms with van der Waals surface area (Å²) in [7, 11) is 0. The van der Waals surface area contributed by atoms with Crippen LogP contribution < -0.4 is 4.90 Å². The molecule has 0 bridgehead atoms. The number of fused-ring (bicyclic) bond motifs is 1. The average Bonchev–Trinajstić information content (AvgIpc) is 2.67. The fraction of sp³-hybridized carbons (Fsp3) is 0.348. The van der Waals surface area contributed by atoms with Gasteiger partial charge in [-0.2, -0.15) is 0 Å². The van der Waals surface area contributed by atoms with Crippen molar-refractivity contribution in [2.45, 2.75) is 20.8 Å². The van der Waals surface area contributed by atoms with Crippen LogP contribution in [-0.4, -0.2) is 42.6 Å². The molecule has 0 saturated carbocycles. The Morgan fingerprint density at radius 2 is 1.54 bits per heavy atom. The molecule has 0 aliphatic carbocycles. The minimum atomic E-state index is 1.04. The zero-order chi connectivity index (χ0) is 18.1. The first-order valence-corrected chi connectivity index (χ1v) is 9.60. The van der Waals surface area contributed by atoms with E-state index in [-0.39, 0.29) is 0 Å². The third kappa shape index (κ3) is 3.32. The van der Waals surface area contributed by atoms with Gasteiger partial charge in [-0.05, 0) is 31.8 Å². The molecular formula is C23H27N3. The molecule has 1 aliphatic rings. The van der Waals surface area contributed by atoms with E-state index in [1.165, 1.54) is 27.5 Å². The number of likely N-dealkylation sites (N-methyl/N-ethyl adjacent to an activating group) is 1. The quantitative estimate of drug-likeness (QED) is 0.688. The van der Waals surface area contributed by atoms with Crippen LogP contribution in [0.15, 0.2) is 48.5 Å². The molecule has 3 heteroatoms. The van der Waals surface area contributed by atoms with Crippen molar-refractivity contribution in [1.82, 2.24) is 9.88 Å². The Hall–Kier alpha value is -2.39. The molecule has 0 atom stereocenters. The first-order valence-electron chi connectivity index (χ1n) is 9.60. The minimum absolute atomic E-state index is 1.04. The van der Waals surface area contributed by atoms with E-state index in [4.69, 9.17) is 4.98 Å². The van der Waals surface area contributed by atoms with Crippen molar-refractivity contribution >= 4 is 16.6 Å². The van der Waals surface area contributed by atoms with Gasteiger partial charge in [-0.25, -0.2) is 4.98 Å². The van der Waals surface area contributed by atoms with E-state index >= 15 is 0 Å². The summed E-state index contributed by atoms with van der Waals surface area (Å²) < 4.78 is 0. The predicted molar refractivity (Wildman–Crippen MR) is 111 cm³/mol. The second-order valence-electron chi connectivity index (χ2n) is 7.34. The standard InChI is InChI=1S/C23H27N3/c1-4-25-11-13-26(14-12-25)23-21-10-7-18(3)15-20(21)16-22(24-23)19-8-5-17(2)6-9-19/h5-10,15-16H,4,11-14H2,1-3H3. The number of aromatic nitrogens is 1. The maximum absolute atomic E-state index is 5.11. The zero-order valence-electron chi connectivity index (χ0n) is 16.0. The van der Waals surface area contributed by atoms with Crippen LogP contribution in [0, 0.1) is 13.8 Å². The van der Waals surface area contributed by atoms with E-state index in [9.17, 15) is 0 Å². The SMILES string of the molecule is CCN1CCN(c2nc(-c3ccc(C)cc3)cc3cc(C)ccc23)CC1. The normalized spacial score (nSPS) is 15.6. The number of hydrogen-bond donors (Lipinski definition) is 0. The molecule has 0 spiro atoms. The van der Waals surface area contributed by atoms with Gasteiger partial charge in [-0.1, -0.05) is 60.5 Å². The summed E-state index contributed by atoms with van der Waals surface area (Å²) in [5.74, 6) is 1.13. The van der Waals surface area contributed by atoms with Gasteiger partial charge in [0.25, 0.3) is 0 Å². The summed E-state index contributed by atoms with van der Waals surface area (Å²) in [5.41, 5.74) is 4.82. The van der Waals surface area contributed by atoms with Crippen LogP contribution in [0.5, 0.6) is 0 Å². The van der Waals surface area contributed by atoms with Gasteiger partial charge >= 0.3 is 0 Å². The Balaban J connectivity index is 1.81. The van der Waals surface area contributed by atoms with E-state index in [0.717, 1.165) is 44.2 Å². The van der Waals surface area contributed by atoms with Gasteiger partial charge in [-0.15, -0.1) is 0 Å². The largest absolute Gasteiger partial charge is 0.354 e. The second kappa shape index (κ2) is 7.08. The zero-order valence-corrected chi connectivity index (χ0v) is 16.0. The Labute approximate surface area is 156 Å². The molecule has 3 nitrogen and oxygen atoms in total. The van der Waals surface area contributed by atoms with Crippen molar-refractivity contribution in [2.75, 3.05) is 37.6 Å². The number of hydrogen-bond acceptors (Lipinski definition) is 3. The smallest absolute Gasteiger partial charge is 0.137 e. The Bertz CT molecular complexity index is 907. The van der Waals surface area contributed by atoms with Gasteiger partial charge in [-0.3, -0.25) is 0 Å². The topological polar surface area (TPSA) is 19.4 Å². The maximum atomic E-state index is 5.11. The summed E-state index contributed by atoms with van der Waals surface area (Å²) in [6, 6.07) is 17.6. The number of pyridine rings is 1. The highest BCUT2D eigenvalue weighted by Crippen LogP contribution is 2.31. The lowest BCUT2D eigenvalue weighted by Gasteiger charge is -2.35. The Morgan fingerprint density at radius 1 is 0.846 bits per heavy atom. The molecule has 2 heterocycles. The summed E-state index contributed by atoms with van der Waals surface area (Å²) in [6.07, 6.45) is 0. The molecule has 0 unspecified atom stereocenters. The van der Waals surface area contributed by atoms with Gasteiger partial charge in [0.2, 0.25) is 0 Å². The second-order valence-corrected chi connectivity index (χ2v) is 7.34. The molecule has 1 saturated heterocycles. The third-order valence-electron chi connectivity index (χ3n) is 5.43. The molecule has 26 heavy (non-hydrogen) atoms. The number of nitrogens with zero attached hydrogens (tertiary/aromatic N) is 3.